The second-order valence-electron chi connectivity index (χ2n) is 5.83. The van der Waals surface area contributed by atoms with Crippen LogP contribution >= 0.6 is 27.5 Å². The maximum Gasteiger partial charge on any atom is 0.224 e. The number of hydrogen-bond acceptors (Lipinski definition) is 1. The predicted octanol–water partition coefficient (Wildman–Crippen LogP) is 4.49. The number of rotatable bonds is 5. The Morgan fingerprint density at radius 2 is 1.82 bits per heavy atom. The SMILES string of the molecule is O=C(Cc1ccccc1Br)NCC1(c2ccc(Cl)cc2)CC1. The summed E-state index contributed by atoms with van der Waals surface area (Å²) in [4.78, 5) is 12.2. The van der Waals surface area contributed by atoms with Gasteiger partial charge in [0, 0.05) is 21.5 Å². The van der Waals surface area contributed by atoms with E-state index in [2.05, 4.69) is 33.4 Å². The molecular weight excluding hydrogens is 362 g/mol. The van der Waals surface area contributed by atoms with Gasteiger partial charge in [-0.3, -0.25) is 4.79 Å². The van der Waals surface area contributed by atoms with Crippen molar-refractivity contribution in [2.75, 3.05) is 6.54 Å². The first-order chi connectivity index (χ1) is 10.6. The minimum atomic E-state index is 0.0622. The highest BCUT2D eigenvalue weighted by molar-refractivity contribution is 9.10. The first kappa shape index (κ1) is 15.6. The molecule has 0 saturated heterocycles. The highest BCUT2D eigenvalue weighted by atomic mass is 79.9. The van der Waals surface area contributed by atoms with E-state index in [1.807, 2.05) is 36.4 Å². The fraction of sp³-hybridized carbons (Fsp3) is 0.278. The van der Waals surface area contributed by atoms with Crippen LogP contribution in [0, 0.1) is 0 Å². The first-order valence-electron chi connectivity index (χ1n) is 7.35. The summed E-state index contributed by atoms with van der Waals surface area (Å²) in [6.45, 7) is 0.692. The number of carbonyl (C=O) groups is 1. The minimum absolute atomic E-state index is 0.0622. The number of halogens is 2. The van der Waals surface area contributed by atoms with Gasteiger partial charge in [0.15, 0.2) is 0 Å². The summed E-state index contributed by atoms with van der Waals surface area (Å²) in [5.41, 5.74) is 2.38. The Morgan fingerprint density at radius 3 is 2.45 bits per heavy atom. The molecule has 0 bridgehead atoms. The molecule has 1 amide bonds. The Labute approximate surface area is 144 Å². The fourth-order valence-electron chi connectivity index (χ4n) is 2.67. The van der Waals surface area contributed by atoms with E-state index in [0.29, 0.717) is 13.0 Å². The summed E-state index contributed by atoms with van der Waals surface area (Å²) >= 11 is 9.42. The standard InChI is InChI=1S/C18H17BrClNO/c19-16-4-2-1-3-13(16)11-17(22)21-12-18(9-10-18)14-5-7-15(20)8-6-14/h1-8H,9-12H2,(H,21,22). The van der Waals surface area contributed by atoms with Gasteiger partial charge >= 0.3 is 0 Å². The second-order valence-corrected chi connectivity index (χ2v) is 7.12. The zero-order valence-electron chi connectivity index (χ0n) is 12.1. The number of amides is 1. The van der Waals surface area contributed by atoms with Gasteiger partial charge in [0.25, 0.3) is 0 Å². The average Bonchev–Trinajstić information content (AvgIpc) is 3.29. The van der Waals surface area contributed by atoms with E-state index in [4.69, 9.17) is 11.6 Å². The molecule has 1 N–H and O–H groups in total. The van der Waals surface area contributed by atoms with E-state index < -0.39 is 0 Å². The summed E-state index contributed by atoms with van der Waals surface area (Å²) in [5, 5.41) is 3.83. The highest BCUT2D eigenvalue weighted by Crippen LogP contribution is 2.47. The monoisotopic (exact) mass is 377 g/mol. The molecule has 0 aliphatic heterocycles. The van der Waals surface area contributed by atoms with Gasteiger partial charge in [-0.15, -0.1) is 0 Å². The smallest absolute Gasteiger partial charge is 0.224 e. The van der Waals surface area contributed by atoms with Crippen molar-refractivity contribution in [3.63, 3.8) is 0 Å². The molecule has 1 aliphatic rings. The first-order valence-corrected chi connectivity index (χ1v) is 8.52. The topological polar surface area (TPSA) is 29.1 Å². The van der Waals surface area contributed by atoms with E-state index in [0.717, 1.165) is 27.9 Å². The van der Waals surface area contributed by atoms with Crippen molar-refractivity contribution in [3.8, 4) is 0 Å². The van der Waals surface area contributed by atoms with Crippen LogP contribution in [0.25, 0.3) is 0 Å². The third-order valence-corrected chi connectivity index (χ3v) is 5.27. The Kier molecular flexibility index (Phi) is 4.55. The molecule has 2 nitrogen and oxygen atoms in total. The van der Waals surface area contributed by atoms with Crippen LogP contribution < -0.4 is 5.32 Å². The van der Waals surface area contributed by atoms with Crippen LogP contribution in [0.2, 0.25) is 5.02 Å². The number of hydrogen-bond donors (Lipinski definition) is 1. The van der Waals surface area contributed by atoms with Crippen molar-refractivity contribution in [1.82, 2.24) is 5.32 Å². The molecule has 0 unspecified atom stereocenters. The van der Waals surface area contributed by atoms with Crippen LogP contribution in [0.5, 0.6) is 0 Å². The number of carbonyl (C=O) groups excluding carboxylic acids is 1. The van der Waals surface area contributed by atoms with Crippen molar-refractivity contribution in [3.05, 3.63) is 69.2 Å². The lowest BCUT2D eigenvalue weighted by atomic mass is 9.96. The van der Waals surface area contributed by atoms with E-state index in [9.17, 15) is 4.79 Å². The fourth-order valence-corrected chi connectivity index (χ4v) is 3.22. The third-order valence-electron chi connectivity index (χ3n) is 4.24. The molecule has 114 valence electrons. The van der Waals surface area contributed by atoms with Crippen molar-refractivity contribution in [1.29, 1.82) is 0 Å². The average molecular weight is 379 g/mol. The van der Waals surface area contributed by atoms with Crippen molar-refractivity contribution in [2.24, 2.45) is 0 Å². The van der Waals surface area contributed by atoms with Crippen LogP contribution in [0.4, 0.5) is 0 Å². The Balaban J connectivity index is 1.59. The zero-order valence-corrected chi connectivity index (χ0v) is 14.5. The second kappa shape index (κ2) is 6.43. The molecule has 3 rings (SSSR count). The molecular formula is C18H17BrClNO. The molecule has 2 aromatic carbocycles. The van der Waals surface area contributed by atoms with Crippen LogP contribution in [-0.4, -0.2) is 12.5 Å². The van der Waals surface area contributed by atoms with Gasteiger partial charge in [0.2, 0.25) is 5.91 Å². The van der Waals surface area contributed by atoms with Gasteiger partial charge in [-0.25, -0.2) is 0 Å². The van der Waals surface area contributed by atoms with Crippen LogP contribution in [0.1, 0.15) is 24.0 Å². The Hall–Kier alpha value is -1.32. The lowest BCUT2D eigenvalue weighted by Crippen LogP contribution is -2.33. The Bertz CT molecular complexity index is 680. The zero-order chi connectivity index (χ0) is 15.6. The van der Waals surface area contributed by atoms with E-state index >= 15 is 0 Å². The summed E-state index contributed by atoms with van der Waals surface area (Å²) in [5.74, 6) is 0.0622. The van der Waals surface area contributed by atoms with Crippen LogP contribution in [-0.2, 0) is 16.6 Å². The molecule has 2 aromatic rings. The summed E-state index contributed by atoms with van der Waals surface area (Å²) in [7, 11) is 0. The molecule has 0 aromatic heterocycles. The summed E-state index contributed by atoms with van der Waals surface area (Å²) in [6.07, 6.45) is 2.63. The largest absolute Gasteiger partial charge is 0.355 e. The van der Waals surface area contributed by atoms with Gasteiger partial charge < -0.3 is 5.32 Å². The van der Waals surface area contributed by atoms with Gasteiger partial charge in [-0.05, 0) is 42.2 Å². The molecule has 0 radical (unpaired) electrons. The van der Waals surface area contributed by atoms with E-state index in [1.165, 1.54) is 5.56 Å². The van der Waals surface area contributed by atoms with Crippen LogP contribution in [0.3, 0.4) is 0 Å². The van der Waals surface area contributed by atoms with Crippen LogP contribution in [0.15, 0.2) is 53.0 Å². The lowest BCUT2D eigenvalue weighted by molar-refractivity contribution is -0.120. The predicted molar refractivity (Wildman–Crippen MR) is 93.2 cm³/mol. The van der Waals surface area contributed by atoms with Gasteiger partial charge in [0.05, 0.1) is 6.42 Å². The maximum absolute atomic E-state index is 12.2. The summed E-state index contributed by atoms with van der Waals surface area (Å²) < 4.78 is 0.976. The Morgan fingerprint density at radius 1 is 1.14 bits per heavy atom. The molecule has 22 heavy (non-hydrogen) atoms. The van der Waals surface area contributed by atoms with E-state index in [1.54, 1.807) is 0 Å². The van der Waals surface area contributed by atoms with Gasteiger partial charge in [-0.2, -0.15) is 0 Å². The number of benzene rings is 2. The van der Waals surface area contributed by atoms with Crippen molar-refractivity contribution >= 4 is 33.4 Å². The quantitative estimate of drug-likeness (QED) is 0.816. The summed E-state index contributed by atoms with van der Waals surface area (Å²) in [6, 6.07) is 15.8. The normalized spacial score (nSPS) is 15.4. The highest BCUT2D eigenvalue weighted by Gasteiger charge is 2.44. The molecule has 1 aliphatic carbocycles. The van der Waals surface area contributed by atoms with Gasteiger partial charge in [0.1, 0.15) is 0 Å². The molecule has 0 heterocycles. The molecule has 0 atom stereocenters. The lowest BCUT2D eigenvalue weighted by Gasteiger charge is -2.17. The third kappa shape index (κ3) is 3.53. The number of nitrogens with one attached hydrogen (secondary N) is 1. The molecule has 0 spiro atoms. The van der Waals surface area contributed by atoms with Crippen molar-refractivity contribution in [2.45, 2.75) is 24.7 Å². The molecule has 1 fully saturated rings. The van der Waals surface area contributed by atoms with Crippen molar-refractivity contribution < 1.29 is 4.79 Å². The molecule has 4 heteroatoms. The van der Waals surface area contributed by atoms with Gasteiger partial charge in [-0.1, -0.05) is 57.9 Å². The van der Waals surface area contributed by atoms with E-state index in [-0.39, 0.29) is 11.3 Å². The molecule has 1 saturated carbocycles. The minimum Gasteiger partial charge on any atom is -0.355 e. The maximum atomic E-state index is 12.2.